The zero-order valence-electron chi connectivity index (χ0n) is 12.2. The summed E-state index contributed by atoms with van der Waals surface area (Å²) in [6, 6.07) is 6.36. The van der Waals surface area contributed by atoms with Crippen LogP contribution in [-0.4, -0.2) is 55.5 Å². The molecule has 4 nitrogen and oxygen atoms in total. The van der Waals surface area contributed by atoms with Crippen molar-refractivity contribution in [3.8, 4) is 0 Å². The van der Waals surface area contributed by atoms with Crippen molar-refractivity contribution < 1.29 is 4.79 Å². The molecule has 0 bridgehead atoms. The van der Waals surface area contributed by atoms with Crippen LogP contribution in [-0.2, 0) is 0 Å². The Bertz CT molecular complexity index is 472. The van der Waals surface area contributed by atoms with Crippen LogP contribution in [0.2, 0.25) is 0 Å². The Hall–Kier alpha value is -1.55. The topological polar surface area (TPSA) is 35.6 Å². The number of piperazine rings is 1. The van der Waals surface area contributed by atoms with Gasteiger partial charge in [-0.2, -0.15) is 0 Å². The standard InChI is InChI=1S/C15H23N3O/c1-11-5-6-13(14(9-11)16-3)15(19)18-8-7-17(4)12(2)10-18/h5-6,9,12,16H,7-8,10H2,1-4H3. The molecule has 1 saturated heterocycles. The lowest BCUT2D eigenvalue weighted by molar-refractivity contribution is 0.0573. The first-order valence-corrected chi connectivity index (χ1v) is 6.81. The molecule has 0 aromatic heterocycles. The summed E-state index contributed by atoms with van der Waals surface area (Å²) in [4.78, 5) is 16.9. The van der Waals surface area contributed by atoms with Crippen LogP contribution in [0, 0.1) is 6.92 Å². The third kappa shape index (κ3) is 2.89. The van der Waals surface area contributed by atoms with E-state index in [2.05, 4.69) is 24.2 Å². The van der Waals surface area contributed by atoms with E-state index >= 15 is 0 Å². The molecular formula is C15H23N3O. The first-order chi connectivity index (χ1) is 9.02. The molecule has 0 radical (unpaired) electrons. The Morgan fingerprint density at radius 1 is 1.37 bits per heavy atom. The quantitative estimate of drug-likeness (QED) is 0.882. The molecular weight excluding hydrogens is 238 g/mol. The van der Waals surface area contributed by atoms with Crippen LogP contribution in [0.3, 0.4) is 0 Å². The van der Waals surface area contributed by atoms with Gasteiger partial charge in [-0.25, -0.2) is 0 Å². The number of benzene rings is 1. The fraction of sp³-hybridized carbons (Fsp3) is 0.533. The van der Waals surface area contributed by atoms with E-state index in [0.717, 1.165) is 36.4 Å². The van der Waals surface area contributed by atoms with Gasteiger partial charge < -0.3 is 15.1 Å². The summed E-state index contributed by atoms with van der Waals surface area (Å²) in [5.74, 6) is 0.129. The van der Waals surface area contributed by atoms with E-state index < -0.39 is 0 Å². The van der Waals surface area contributed by atoms with Gasteiger partial charge in [-0.3, -0.25) is 4.79 Å². The van der Waals surface area contributed by atoms with E-state index in [1.807, 2.05) is 37.1 Å². The van der Waals surface area contributed by atoms with Gasteiger partial charge in [0.05, 0.1) is 5.56 Å². The maximum atomic E-state index is 12.6. The molecule has 19 heavy (non-hydrogen) atoms. The van der Waals surface area contributed by atoms with Crippen molar-refractivity contribution in [3.05, 3.63) is 29.3 Å². The van der Waals surface area contributed by atoms with Crippen molar-refractivity contribution in [2.24, 2.45) is 0 Å². The zero-order valence-corrected chi connectivity index (χ0v) is 12.2. The maximum absolute atomic E-state index is 12.6. The van der Waals surface area contributed by atoms with Crippen molar-refractivity contribution >= 4 is 11.6 Å². The third-order valence-electron chi connectivity index (χ3n) is 3.92. The molecule has 1 fully saturated rings. The molecule has 1 aromatic carbocycles. The summed E-state index contributed by atoms with van der Waals surface area (Å²) in [7, 11) is 3.97. The highest BCUT2D eigenvalue weighted by Gasteiger charge is 2.26. The first kappa shape index (κ1) is 13.9. The Kier molecular flexibility index (Phi) is 4.10. The second-order valence-corrected chi connectivity index (χ2v) is 5.38. The van der Waals surface area contributed by atoms with Gasteiger partial charge in [0.15, 0.2) is 0 Å². The van der Waals surface area contributed by atoms with E-state index in [9.17, 15) is 4.79 Å². The number of carbonyl (C=O) groups is 1. The number of carbonyl (C=O) groups excluding carboxylic acids is 1. The third-order valence-corrected chi connectivity index (χ3v) is 3.92. The van der Waals surface area contributed by atoms with Crippen LogP contribution >= 0.6 is 0 Å². The molecule has 0 aliphatic carbocycles. The number of anilines is 1. The summed E-state index contributed by atoms with van der Waals surface area (Å²) in [6.45, 7) is 6.73. The number of nitrogens with zero attached hydrogens (tertiary/aromatic N) is 2. The van der Waals surface area contributed by atoms with Gasteiger partial charge in [-0.05, 0) is 38.6 Å². The van der Waals surface area contributed by atoms with E-state index in [1.54, 1.807) is 0 Å². The number of likely N-dealkylation sites (N-methyl/N-ethyl adjacent to an activating group) is 1. The molecule has 1 aliphatic heterocycles. The summed E-state index contributed by atoms with van der Waals surface area (Å²) < 4.78 is 0. The summed E-state index contributed by atoms with van der Waals surface area (Å²) in [6.07, 6.45) is 0. The second kappa shape index (κ2) is 5.61. The van der Waals surface area contributed by atoms with Crippen molar-refractivity contribution in [1.82, 2.24) is 9.80 Å². The number of amides is 1. The Morgan fingerprint density at radius 3 is 2.74 bits per heavy atom. The van der Waals surface area contributed by atoms with Gasteiger partial charge >= 0.3 is 0 Å². The van der Waals surface area contributed by atoms with E-state index in [-0.39, 0.29) is 5.91 Å². The molecule has 0 spiro atoms. The van der Waals surface area contributed by atoms with Crippen molar-refractivity contribution in [2.75, 3.05) is 39.0 Å². The van der Waals surface area contributed by atoms with Crippen molar-refractivity contribution in [3.63, 3.8) is 0 Å². The minimum atomic E-state index is 0.129. The summed E-state index contributed by atoms with van der Waals surface area (Å²) >= 11 is 0. The fourth-order valence-corrected chi connectivity index (χ4v) is 2.45. The van der Waals surface area contributed by atoms with Crippen molar-refractivity contribution in [2.45, 2.75) is 19.9 Å². The number of aryl methyl sites for hydroxylation is 1. The molecule has 1 aliphatic rings. The zero-order chi connectivity index (χ0) is 14.0. The lowest BCUT2D eigenvalue weighted by Crippen LogP contribution is -2.52. The Morgan fingerprint density at radius 2 is 2.11 bits per heavy atom. The van der Waals surface area contributed by atoms with Crippen molar-refractivity contribution in [1.29, 1.82) is 0 Å². The Labute approximate surface area is 115 Å². The molecule has 1 unspecified atom stereocenters. The molecule has 1 heterocycles. The first-order valence-electron chi connectivity index (χ1n) is 6.81. The van der Waals surface area contributed by atoms with Gasteiger partial charge in [0.2, 0.25) is 0 Å². The average Bonchev–Trinajstić information content (AvgIpc) is 2.41. The number of hydrogen-bond donors (Lipinski definition) is 1. The number of rotatable bonds is 2. The minimum absolute atomic E-state index is 0.129. The predicted octanol–water partition coefficient (Wildman–Crippen LogP) is 1.81. The van der Waals surface area contributed by atoms with Crippen LogP contribution in [0.1, 0.15) is 22.8 Å². The summed E-state index contributed by atoms with van der Waals surface area (Å²) in [5.41, 5.74) is 2.84. The van der Waals surface area contributed by atoms with Gasteiger partial charge in [0, 0.05) is 38.4 Å². The van der Waals surface area contributed by atoms with E-state index in [1.165, 1.54) is 0 Å². The minimum Gasteiger partial charge on any atom is -0.387 e. The van der Waals surface area contributed by atoms with Crippen LogP contribution in [0.5, 0.6) is 0 Å². The Balaban J connectivity index is 2.20. The van der Waals surface area contributed by atoms with Gasteiger partial charge in [-0.1, -0.05) is 6.07 Å². The maximum Gasteiger partial charge on any atom is 0.256 e. The van der Waals surface area contributed by atoms with Gasteiger partial charge in [-0.15, -0.1) is 0 Å². The smallest absolute Gasteiger partial charge is 0.256 e. The van der Waals surface area contributed by atoms with E-state index in [0.29, 0.717) is 6.04 Å². The molecule has 1 aromatic rings. The number of hydrogen-bond acceptors (Lipinski definition) is 3. The van der Waals surface area contributed by atoms with Crippen LogP contribution < -0.4 is 5.32 Å². The molecule has 1 atom stereocenters. The summed E-state index contributed by atoms with van der Waals surface area (Å²) in [5, 5.41) is 3.12. The average molecular weight is 261 g/mol. The molecule has 1 N–H and O–H groups in total. The molecule has 104 valence electrons. The normalized spacial score (nSPS) is 20.4. The highest BCUT2D eigenvalue weighted by molar-refractivity contribution is 5.99. The van der Waals surface area contributed by atoms with Crippen LogP contribution in [0.25, 0.3) is 0 Å². The van der Waals surface area contributed by atoms with E-state index in [4.69, 9.17) is 0 Å². The van der Waals surface area contributed by atoms with Crippen LogP contribution in [0.4, 0.5) is 5.69 Å². The second-order valence-electron chi connectivity index (χ2n) is 5.38. The van der Waals surface area contributed by atoms with Gasteiger partial charge in [0.25, 0.3) is 5.91 Å². The molecule has 2 rings (SSSR count). The SMILES string of the molecule is CNc1cc(C)ccc1C(=O)N1CCN(C)C(C)C1. The molecule has 1 amide bonds. The number of nitrogens with one attached hydrogen (secondary N) is 1. The lowest BCUT2D eigenvalue weighted by atomic mass is 10.1. The highest BCUT2D eigenvalue weighted by Crippen LogP contribution is 2.20. The monoisotopic (exact) mass is 261 g/mol. The predicted molar refractivity (Wildman–Crippen MR) is 78.7 cm³/mol. The van der Waals surface area contributed by atoms with Gasteiger partial charge in [0.1, 0.15) is 0 Å². The molecule has 4 heteroatoms. The molecule has 0 saturated carbocycles. The fourth-order valence-electron chi connectivity index (χ4n) is 2.45. The van der Waals surface area contributed by atoms with Crippen LogP contribution in [0.15, 0.2) is 18.2 Å². The lowest BCUT2D eigenvalue weighted by Gasteiger charge is -2.37. The largest absolute Gasteiger partial charge is 0.387 e. The highest BCUT2D eigenvalue weighted by atomic mass is 16.2.